The van der Waals surface area contributed by atoms with Gasteiger partial charge in [0.25, 0.3) is 11.8 Å². The van der Waals surface area contributed by atoms with Crippen LogP contribution in [0, 0.1) is 0 Å². The summed E-state index contributed by atoms with van der Waals surface area (Å²) in [7, 11) is 0. The van der Waals surface area contributed by atoms with Gasteiger partial charge in [-0.2, -0.15) is 4.37 Å². The third-order valence-electron chi connectivity index (χ3n) is 4.17. The van der Waals surface area contributed by atoms with Gasteiger partial charge in [0.1, 0.15) is 5.69 Å². The molecule has 6 nitrogen and oxygen atoms in total. The lowest BCUT2D eigenvalue weighted by atomic mass is 10.2. The zero-order valence-corrected chi connectivity index (χ0v) is 15.7. The molecule has 0 spiro atoms. The van der Waals surface area contributed by atoms with Gasteiger partial charge in [-0.25, -0.2) is 0 Å². The highest BCUT2D eigenvalue weighted by Crippen LogP contribution is 2.28. The average molecular weight is 381 g/mol. The molecular formula is C17H21ClN4O2S. The first-order valence-electron chi connectivity index (χ1n) is 8.39. The number of hydrogen-bond donors (Lipinski definition) is 0. The number of carbonyl (C=O) groups excluding carboxylic acids is 1. The Morgan fingerprint density at radius 2 is 1.92 bits per heavy atom. The van der Waals surface area contributed by atoms with E-state index in [1.54, 1.807) is 12.1 Å². The Labute approximate surface area is 156 Å². The number of aromatic nitrogens is 2. The molecule has 0 saturated carbocycles. The van der Waals surface area contributed by atoms with Crippen LogP contribution in [0.25, 0.3) is 11.3 Å². The van der Waals surface area contributed by atoms with Crippen molar-refractivity contribution in [3.8, 4) is 17.1 Å². The van der Waals surface area contributed by atoms with E-state index < -0.39 is 0 Å². The maximum absolute atomic E-state index is 12.4. The molecule has 3 rings (SSSR count). The Hall–Kier alpha value is -1.70. The molecule has 0 aliphatic carbocycles. The number of carbonyl (C=O) groups is 1. The summed E-state index contributed by atoms with van der Waals surface area (Å²) in [5, 5.41) is 0.659. The van der Waals surface area contributed by atoms with E-state index in [0.717, 1.165) is 56.4 Å². The normalized spacial score (nSPS) is 15.4. The molecule has 1 saturated heterocycles. The number of amides is 1. The second-order valence-electron chi connectivity index (χ2n) is 5.94. The molecule has 1 fully saturated rings. The molecule has 1 aliphatic heterocycles. The van der Waals surface area contributed by atoms with Gasteiger partial charge in [0, 0.05) is 36.8 Å². The number of halogens is 1. The van der Waals surface area contributed by atoms with Crippen molar-refractivity contribution in [2.45, 2.75) is 13.3 Å². The summed E-state index contributed by atoms with van der Waals surface area (Å²) in [6.45, 7) is 6.60. The fourth-order valence-corrected chi connectivity index (χ4v) is 3.46. The summed E-state index contributed by atoms with van der Waals surface area (Å²) >= 11 is 6.98. The van der Waals surface area contributed by atoms with Crippen molar-refractivity contribution in [3.63, 3.8) is 0 Å². The summed E-state index contributed by atoms with van der Waals surface area (Å²) < 4.78 is 14.1. The maximum Gasteiger partial charge on any atom is 0.260 e. The molecule has 1 amide bonds. The zero-order chi connectivity index (χ0) is 17.6. The van der Waals surface area contributed by atoms with Crippen LogP contribution in [0.5, 0.6) is 5.88 Å². The third kappa shape index (κ3) is 4.68. The maximum atomic E-state index is 12.4. The largest absolute Gasteiger partial charge is 0.465 e. The molecule has 1 aromatic heterocycles. The molecule has 8 heteroatoms. The molecule has 0 unspecified atom stereocenters. The molecule has 0 radical (unpaired) electrons. The van der Waals surface area contributed by atoms with Crippen molar-refractivity contribution in [1.82, 2.24) is 18.5 Å². The lowest BCUT2D eigenvalue weighted by molar-refractivity contribution is -0.135. The van der Waals surface area contributed by atoms with Crippen LogP contribution in [0.1, 0.15) is 13.3 Å². The molecule has 25 heavy (non-hydrogen) atoms. The number of hydrogen-bond acceptors (Lipinski definition) is 6. The second-order valence-corrected chi connectivity index (χ2v) is 6.90. The molecule has 1 aromatic carbocycles. The van der Waals surface area contributed by atoms with Gasteiger partial charge >= 0.3 is 0 Å². The van der Waals surface area contributed by atoms with Gasteiger partial charge in [-0.05, 0) is 25.1 Å². The number of ether oxygens (including phenoxy) is 1. The van der Waals surface area contributed by atoms with E-state index in [4.69, 9.17) is 16.3 Å². The number of nitrogens with zero attached hydrogens (tertiary/aromatic N) is 4. The van der Waals surface area contributed by atoms with E-state index in [9.17, 15) is 4.79 Å². The minimum atomic E-state index is -0.0141. The first-order valence-corrected chi connectivity index (χ1v) is 9.49. The van der Waals surface area contributed by atoms with Crippen molar-refractivity contribution >= 4 is 29.2 Å². The Morgan fingerprint density at radius 3 is 2.60 bits per heavy atom. The second kappa shape index (κ2) is 8.60. The van der Waals surface area contributed by atoms with Crippen molar-refractivity contribution in [1.29, 1.82) is 0 Å². The third-order valence-corrected chi connectivity index (χ3v) is 4.94. The summed E-state index contributed by atoms with van der Waals surface area (Å²) in [5.74, 6) is 0.386. The van der Waals surface area contributed by atoms with Crippen molar-refractivity contribution in [3.05, 3.63) is 29.3 Å². The molecule has 0 N–H and O–H groups in total. The predicted octanol–water partition coefficient (Wildman–Crippen LogP) is 2.79. The molecule has 1 aliphatic rings. The number of benzene rings is 1. The Balaban J connectivity index is 1.55. The fourth-order valence-electron chi connectivity index (χ4n) is 2.82. The van der Waals surface area contributed by atoms with Gasteiger partial charge in [0.2, 0.25) is 0 Å². The lowest BCUT2D eigenvalue weighted by Crippen LogP contribution is -2.50. The smallest absolute Gasteiger partial charge is 0.260 e. The summed E-state index contributed by atoms with van der Waals surface area (Å²) in [5.41, 5.74) is 1.51. The van der Waals surface area contributed by atoms with Crippen molar-refractivity contribution in [2.75, 3.05) is 39.3 Å². The summed E-state index contributed by atoms with van der Waals surface area (Å²) in [6, 6.07) is 7.31. The summed E-state index contributed by atoms with van der Waals surface area (Å²) in [4.78, 5) is 16.6. The van der Waals surface area contributed by atoms with E-state index in [0.29, 0.717) is 16.6 Å². The molecular weight excluding hydrogens is 360 g/mol. The standard InChI is InChI=1S/C17H21ClN4O2S/c1-2-7-21-8-10-22(11-9-21)15(23)12-24-17-16(19-25-20-17)13-3-5-14(18)6-4-13/h3-6H,2,7-12H2,1H3. The predicted molar refractivity (Wildman–Crippen MR) is 99.2 cm³/mol. The SMILES string of the molecule is CCCN1CCN(C(=O)COc2nsnc2-c2ccc(Cl)cc2)CC1. The van der Waals surface area contributed by atoms with Gasteiger partial charge in [0.05, 0.1) is 11.7 Å². The van der Waals surface area contributed by atoms with Gasteiger partial charge in [0.15, 0.2) is 6.61 Å². The van der Waals surface area contributed by atoms with Gasteiger partial charge in [-0.3, -0.25) is 9.69 Å². The zero-order valence-electron chi connectivity index (χ0n) is 14.2. The monoisotopic (exact) mass is 380 g/mol. The van der Waals surface area contributed by atoms with Gasteiger partial charge < -0.3 is 9.64 Å². The van der Waals surface area contributed by atoms with Crippen molar-refractivity contribution in [2.24, 2.45) is 0 Å². The minimum Gasteiger partial charge on any atom is -0.465 e. The molecule has 134 valence electrons. The highest BCUT2D eigenvalue weighted by molar-refractivity contribution is 6.99. The molecule has 0 atom stereocenters. The van der Waals surface area contributed by atoms with E-state index >= 15 is 0 Å². The minimum absolute atomic E-state index is 0.00814. The van der Waals surface area contributed by atoms with Gasteiger partial charge in [-0.1, -0.05) is 30.7 Å². The first-order chi connectivity index (χ1) is 12.2. The Kier molecular flexibility index (Phi) is 6.23. The Bertz CT molecular complexity index is 699. The van der Waals surface area contributed by atoms with Gasteiger partial charge in [-0.15, -0.1) is 4.37 Å². The fraction of sp³-hybridized carbons (Fsp3) is 0.471. The molecule has 0 bridgehead atoms. The van der Waals surface area contributed by atoms with E-state index in [-0.39, 0.29) is 12.5 Å². The quantitative estimate of drug-likeness (QED) is 0.771. The van der Waals surface area contributed by atoms with Crippen LogP contribution in [-0.2, 0) is 4.79 Å². The van der Waals surface area contributed by atoms with E-state index in [1.165, 1.54) is 0 Å². The number of piperazine rings is 1. The van der Waals surface area contributed by atoms with Crippen LogP contribution in [0.3, 0.4) is 0 Å². The molecule has 2 heterocycles. The average Bonchev–Trinajstić information content (AvgIpc) is 3.10. The van der Waals surface area contributed by atoms with Crippen LogP contribution in [-0.4, -0.2) is 63.8 Å². The van der Waals surface area contributed by atoms with E-state index in [1.807, 2.05) is 17.0 Å². The summed E-state index contributed by atoms with van der Waals surface area (Å²) in [6.07, 6.45) is 1.14. The van der Waals surface area contributed by atoms with Crippen LogP contribution < -0.4 is 4.74 Å². The Morgan fingerprint density at radius 1 is 1.20 bits per heavy atom. The van der Waals surface area contributed by atoms with E-state index in [2.05, 4.69) is 20.6 Å². The lowest BCUT2D eigenvalue weighted by Gasteiger charge is -2.34. The van der Waals surface area contributed by atoms with Crippen LogP contribution >= 0.6 is 23.3 Å². The van der Waals surface area contributed by atoms with Crippen LogP contribution in [0.4, 0.5) is 0 Å². The van der Waals surface area contributed by atoms with Crippen molar-refractivity contribution < 1.29 is 9.53 Å². The molecule has 2 aromatic rings. The highest BCUT2D eigenvalue weighted by Gasteiger charge is 2.22. The highest BCUT2D eigenvalue weighted by atomic mass is 35.5. The first kappa shape index (κ1) is 18.1. The topological polar surface area (TPSA) is 58.6 Å². The number of rotatable bonds is 6. The van der Waals surface area contributed by atoms with Crippen LogP contribution in [0.2, 0.25) is 5.02 Å². The van der Waals surface area contributed by atoms with Crippen LogP contribution in [0.15, 0.2) is 24.3 Å².